The number of ether oxygens (including phenoxy) is 1. The number of hydrogen-bond acceptors (Lipinski definition) is 4. The number of nitrogens with one attached hydrogen (secondary N) is 1. The monoisotopic (exact) mass is 338 g/mol. The molecule has 0 aliphatic carbocycles. The fourth-order valence-electron chi connectivity index (χ4n) is 1.82. The average molecular weight is 338 g/mol. The molecule has 2 rings (SSSR count). The minimum atomic E-state index is -4.53. The molecular formula is C16H13F3N2O3. The Balaban J connectivity index is 2.08. The lowest BCUT2D eigenvalue weighted by molar-refractivity contribution is -0.137. The minimum Gasteiger partial charge on any atom is -0.507 e. The fraction of sp³-hybridized carbons (Fsp3) is 0.125. The van der Waals surface area contributed by atoms with E-state index in [0.717, 1.165) is 18.2 Å². The van der Waals surface area contributed by atoms with Crippen LogP contribution in [0.2, 0.25) is 0 Å². The van der Waals surface area contributed by atoms with Gasteiger partial charge in [0.25, 0.3) is 5.91 Å². The molecule has 0 heterocycles. The van der Waals surface area contributed by atoms with E-state index in [9.17, 15) is 23.1 Å². The summed E-state index contributed by atoms with van der Waals surface area (Å²) in [5.74, 6) is -0.477. The van der Waals surface area contributed by atoms with Crippen molar-refractivity contribution in [3.63, 3.8) is 0 Å². The minimum absolute atomic E-state index is 0.119. The van der Waals surface area contributed by atoms with Crippen LogP contribution in [0.3, 0.4) is 0 Å². The number of nitrogens with zero attached hydrogens (tertiary/aromatic N) is 1. The van der Waals surface area contributed by atoms with E-state index in [1.165, 1.54) is 31.5 Å². The number of amides is 1. The van der Waals surface area contributed by atoms with Gasteiger partial charge in [0.15, 0.2) is 0 Å². The standard InChI is InChI=1S/C16H13F3N2O3/c1-24-13-6-5-11(14(22)8-13)9-20-21-15(23)10-3-2-4-12(7-10)16(17,18)19/h2-9,22H,1H3,(H,21,23). The van der Waals surface area contributed by atoms with Crippen molar-refractivity contribution < 1.29 is 27.8 Å². The average Bonchev–Trinajstić information content (AvgIpc) is 2.55. The number of phenolic OH excluding ortho intramolecular Hbond substituents is 1. The number of hydrogen-bond donors (Lipinski definition) is 2. The van der Waals surface area contributed by atoms with E-state index in [4.69, 9.17) is 4.74 Å². The van der Waals surface area contributed by atoms with Crippen LogP contribution in [0, 0.1) is 0 Å². The highest BCUT2D eigenvalue weighted by Gasteiger charge is 2.30. The number of carbonyl (C=O) groups excluding carboxylic acids is 1. The zero-order valence-electron chi connectivity index (χ0n) is 12.5. The van der Waals surface area contributed by atoms with Crippen LogP contribution in [-0.4, -0.2) is 24.3 Å². The van der Waals surface area contributed by atoms with Gasteiger partial charge in [0.2, 0.25) is 0 Å². The smallest absolute Gasteiger partial charge is 0.416 e. The maximum Gasteiger partial charge on any atom is 0.416 e. The summed E-state index contributed by atoms with van der Waals surface area (Å²) in [5.41, 5.74) is 1.30. The molecule has 24 heavy (non-hydrogen) atoms. The first-order valence-corrected chi connectivity index (χ1v) is 6.69. The molecule has 0 atom stereocenters. The molecule has 1 amide bonds. The van der Waals surface area contributed by atoms with E-state index >= 15 is 0 Å². The first-order valence-electron chi connectivity index (χ1n) is 6.69. The molecule has 126 valence electrons. The number of carbonyl (C=O) groups is 1. The lowest BCUT2D eigenvalue weighted by Gasteiger charge is -2.07. The van der Waals surface area contributed by atoms with E-state index in [1.54, 1.807) is 6.07 Å². The Morgan fingerprint density at radius 3 is 2.62 bits per heavy atom. The zero-order valence-corrected chi connectivity index (χ0v) is 12.5. The van der Waals surface area contributed by atoms with Crippen molar-refractivity contribution in [1.29, 1.82) is 0 Å². The summed E-state index contributed by atoms with van der Waals surface area (Å²) in [4.78, 5) is 11.8. The second-order valence-corrected chi connectivity index (χ2v) is 4.70. The summed E-state index contributed by atoms with van der Waals surface area (Å²) >= 11 is 0. The first kappa shape index (κ1) is 17.3. The Morgan fingerprint density at radius 2 is 2.00 bits per heavy atom. The van der Waals surface area contributed by atoms with Gasteiger partial charge in [0.1, 0.15) is 11.5 Å². The maximum atomic E-state index is 12.6. The molecule has 0 bridgehead atoms. The van der Waals surface area contributed by atoms with Gasteiger partial charge in [-0.15, -0.1) is 0 Å². The van der Waals surface area contributed by atoms with Crippen molar-refractivity contribution >= 4 is 12.1 Å². The molecule has 0 saturated heterocycles. The Labute approximate surface area is 135 Å². The van der Waals surface area contributed by atoms with Gasteiger partial charge in [0.05, 0.1) is 18.9 Å². The fourth-order valence-corrected chi connectivity index (χ4v) is 1.82. The van der Waals surface area contributed by atoms with Gasteiger partial charge in [-0.3, -0.25) is 4.79 Å². The molecule has 2 aromatic carbocycles. The van der Waals surface area contributed by atoms with Gasteiger partial charge in [-0.25, -0.2) is 5.43 Å². The molecule has 0 aliphatic rings. The molecule has 2 aromatic rings. The molecular weight excluding hydrogens is 325 g/mol. The Morgan fingerprint density at radius 1 is 1.25 bits per heavy atom. The number of hydrazone groups is 1. The van der Waals surface area contributed by atoms with E-state index in [-0.39, 0.29) is 11.3 Å². The topological polar surface area (TPSA) is 70.9 Å². The van der Waals surface area contributed by atoms with Gasteiger partial charge < -0.3 is 9.84 Å². The largest absolute Gasteiger partial charge is 0.507 e. The highest BCUT2D eigenvalue weighted by Crippen LogP contribution is 2.29. The maximum absolute atomic E-state index is 12.6. The molecule has 8 heteroatoms. The summed E-state index contributed by atoms with van der Waals surface area (Å²) in [6.07, 6.45) is -3.37. The zero-order chi connectivity index (χ0) is 17.7. The molecule has 0 spiro atoms. The third kappa shape index (κ3) is 4.25. The van der Waals surface area contributed by atoms with Crippen molar-refractivity contribution in [1.82, 2.24) is 5.43 Å². The third-order valence-electron chi connectivity index (χ3n) is 3.06. The molecule has 0 aromatic heterocycles. The summed E-state index contributed by atoms with van der Waals surface area (Å²) in [6, 6.07) is 8.42. The van der Waals surface area contributed by atoms with Crippen molar-refractivity contribution in [3.8, 4) is 11.5 Å². The SMILES string of the molecule is COc1ccc(C=NNC(=O)c2cccc(C(F)(F)F)c2)c(O)c1. The Kier molecular flexibility index (Phi) is 5.08. The summed E-state index contributed by atoms with van der Waals surface area (Å²) in [5, 5.41) is 13.3. The summed E-state index contributed by atoms with van der Waals surface area (Å²) in [6.45, 7) is 0. The lowest BCUT2D eigenvalue weighted by Crippen LogP contribution is -2.18. The Hall–Kier alpha value is -3.03. The van der Waals surface area contributed by atoms with Crippen molar-refractivity contribution in [2.24, 2.45) is 5.10 Å². The van der Waals surface area contributed by atoms with Crippen LogP contribution in [-0.2, 0) is 6.18 Å². The van der Waals surface area contributed by atoms with Crippen LogP contribution in [0.4, 0.5) is 13.2 Å². The summed E-state index contributed by atoms with van der Waals surface area (Å²) in [7, 11) is 1.44. The number of methoxy groups -OCH3 is 1. The van der Waals surface area contributed by atoms with E-state index in [1.807, 2.05) is 0 Å². The lowest BCUT2D eigenvalue weighted by atomic mass is 10.1. The van der Waals surface area contributed by atoms with Crippen LogP contribution >= 0.6 is 0 Å². The third-order valence-corrected chi connectivity index (χ3v) is 3.06. The second-order valence-electron chi connectivity index (χ2n) is 4.70. The van der Waals surface area contributed by atoms with Crippen LogP contribution in [0.5, 0.6) is 11.5 Å². The highest BCUT2D eigenvalue weighted by atomic mass is 19.4. The molecule has 5 nitrogen and oxygen atoms in total. The molecule has 0 fully saturated rings. The van der Waals surface area contributed by atoms with Crippen LogP contribution in [0.1, 0.15) is 21.5 Å². The van der Waals surface area contributed by atoms with E-state index in [2.05, 4.69) is 10.5 Å². The van der Waals surface area contributed by atoms with Gasteiger partial charge in [-0.2, -0.15) is 18.3 Å². The molecule has 0 radical (unpaired) electrons. The van der Waals surface area contributed by atoms with Gasteiger partial charge in [-0.1, -0.05) is 6.07 Å². The van der Waals surface area contributed by atoms with E-state index < -0.39 is 17.6 Å². The second kappa shape index (κ2) is 7.03. The van der Waals surface area contributed by atoms with Crippen molar-refractivity contribution in [2.45, 2.75) is 6.18 Å². The first-order chi connectivity index (χ1) is 11.3. The molecule has 2 N–H and O–H groups in total. The number of halogens is 3. The highest BCUT2D eigenvalue weighted by molar-refractivity contribution is 5.95. The number of aromatic hydroxyl groups is 1. The molecule has 0 unspecified atom stereocenters. The van der Waals surface area contributed by atoms with Crippen LogP contribution < -0.4 is 10.2 Å². The van der Waals surface area contributed by atoms with Crippen molar-refractivity contribution in [2.75, 3.05) is 7.11 Å². The molecule has 0 aliphatic heterocycles. The molecule has 0 saturated carbocycles. The summed E-state index contributed by atoms with van der Waals surface area (Å²) < 4.78 is 42.8. The van der Waals surface area contributed by atoms with Gasteiger partial charge in [-0.05, 0) is 30.3 Å². The number of benzene rings is 2. The van der Waals surface area contributed by atoms with E-state index in [0.29, 0.717) is 11.3 Å². The normalized spacial score (nSPS) is 11.5. The Bertz CT molecular complexity index is 773. The van der Waals surface area contributed by atoms with Crippen molar-refractivity contribution in [3.05, 3.63) is 59.2 Å². The van der Waals surface area contributed by atoms with Crippen LogP contribution in [0.15, 0.2) is 47.6 Å². The van der Waals surface area contributed by atoms with Gasteiger partial charge >= 0.3 is 6.18 Å². The number of rotatable bonds is 4. The number of phenols is 1. The number of alkyl halides is 3. The predicted octanol–water partition coefficient (Wildman–Crippen LogP) is 3.18. The van der Waals surface area contributed by atoms with Gasteiger partial charge in [0, 0.05) is 17.2 Å². The predicted molar refractivity (Wildman–Crippen MR) is 81.2 cm³/mol. The van der Waals surface area contributed by atoms with Crippen LogP contribution in [0.25, 0.3) is 0 Å². The quantitative estimate of drug-likeness (QED) is 0.664.